The highest BCUT2D eigenvalue weighted by atomic mass is 16.6. The number of anilines is 1. The minimum absolute atomic E-state index is 0.0924. The molecule has 1 fully saturated rings. The third-order valence-corrected chi connectivity index (χ3v) is 5.64. The van der Waals surface area contributed by atoms with Gasteiger partial charge in [0, 0.05) is 37.8 Å². The normalized spacial score (nSPS) is 25.5. The highest BCUT2D eigenvalue weighted by Crippen LogP contribution is 2.51. The van der Waals surface area contributed by atoms with Gasteiger partial charge >= 0.3 is 6.09 Å². The van der Waals surface area contributed by atoms with Gasteiger partial charge in [0.15, 0.2) is 0 Å². The van der Waals surface area contributed by atoms with Crippen molar-refractivity contribution in [2.45, 2.75) is 45.2 Å². The molecule has 0 saturated carbocycles. The van der Waals surface area contributed by atoms with E-state index in [1.165, 1.54) is 11.3 Å². The van der Waals surface area contributed by atoms with Gasteiger partial charge in [-0.1, -0.05) is 13.8 Å². The summed E-state index contributed by atoms with van der Waals surface area (Å²) in [7, 11) is 4.34. The summed E-state index contributed by atoms with van der Waals surface area (Å²) in [5, 5.41) is 0. The van der Waals surface area contributed by atoms with Gasteiger partial charge in [0.1, 0.15) is 5.75 Å². The van der Waals surface area contributed by atoms with Crippen LogP contribution in [0, 0.1) is 0 Å². The maximum atomic E-state index is 12.3. The first kappa shape index (κ1) is 17.1. The number of rotatable bonds is 4. The molecule has 2 unspecified atom stereocenters. The maximum Gasteiger partial charge on any atom is 0.415 e. The molecule has 1 saturated heterocycles. The Morgan fingerprint density at radius 3 is 2.79 bits per heavy atom. The van der Waals surface area contributed by atoms with Gasteiger partial charge in [0.05, 0.1) is 6.17 Å². The first-order valence-corrected chi connectivity index (χ1v) is 8.96. The maximum absolute atomic E-state index is 12.3. The van der Waals surface area contributed by atoms with Crippen LogP contribution in [-0.4, -0.2) is 55.8 Å². The Labute approximate surface area is 145 Å². The number of fused-ring (bicyclic) bond motifs is 3. The third-order valence-electron chi connectivity index (χ3n) is 5.64. The van der Waals surface area contributed by atoms with Crippen molar-refractivity contribution >= 4 is 11.8 Å². The third kappa shape index (κ3) is 2.55. The number of carbonyl (C=O) groups is 1. The van der Waals surface area contributed by atoms with E-state index in [-0.39, 0.29) is 11.5 Å². The van der Waals surface area contributed by atoms with Crippen molar-refractivity contribution in [3.05, 3.63) is 23.8 Å². The summed E-state index contributed by atoms with van der Waals surface area (Å²) >= 11 is 0. The highest BCUT2D eigenvalue weighted by molar-refractivity contribution is 5.72. The van der Waals surface area contributed by atoms with Crippen molar-refractivity contribution in [2.75, 3.05) is 38.6 Å². The zero-order chi connectivity index (χ0) is 17.5. The number of ether oxygens (including phenoxy) is 1. The standard InChI is InChI=1S/C19H29N3O2/c1-6-11-22(7-2)18(23)24-14-8-9-16-15(13-14)19(3)10-12-20(4)17(19)21(16)5/h8-9,13,17H,6-7,10-12H2,1-5H3. The summed E-state index contributed by atoms with van der Waals surface area (Å²) in [4.78, 5) is 18.8. The van der Waals surface area contributed by atoms with Gasteiger partial charge in [-0.3, -0.25) is 4.90 Å². The monoisotopic (exact) mass is 331 g/mol. The fraction of sp³-hybridized carbons (Fsp3) is 0.632. The summed E-state index contributed by atoms with van der Waals surface area (Å²) < 4.78 is 5.66. The predicted molar refractivity (Wildman–Crippen MR) is 96.8 cm³/mol. The number of likely N-dealkylation sites (tertiary alicyclic amines) is 1. The lowest BCUT2D eigenvalue weighted by molar-refractivity contribution is 0.154. The Morgan fingerprint density at radius 1 is 1.38 bits per heavy atom. The van der Waals surface area contributed by atoms with E-state index < -0.39 is 0 Å². The lowest BCUT2D eigenvalue weighted by Crippen LogP contribution is -2.45. The number of amides is 1. The van der Waals surface area contributed by atoms with E-state index in [2.05, 4.69) is 49.9 Å². The van der Waals surface area contributed by atoms with Crippen LogP contribution in [0.1, 0.15) is 39.2 Å². The number of carbonyl (C=O) groups excluding carboxylic acids is 1. The molecule has 24 heavy (non-hydrogen) atoms. The quantitative estimate of drug-likeness (QED) is 0.848. The molecule has 5 heteroatoms. The van der Waals surface area contributed by atoms with Gasteiger partial charge in [0.2, 0.25) is 0 Å². The Bertz CT molecular complexity index is 633. The van der Waals surface area contributed by atoms with Crippen LogP contribution in [-0.2, 0) is 5.41 Å². The van der Waals surface area contributed by atoms with E-state index in [0.29, 0.717) is 18.5 Å². The van der Waals surface area contributed by atoms with E-state index in [1.807, 2.05) is 13.0 Å². The summed E-state index contributed by atoms with van der Waals surface area (Å²) in [6, 6.07) is 6.07. The van der Waals surface area contributed by atoms with Crippen molar-refractivity contribution < 1.29 is 9.53 Å². The molecule has 1 aromatic carbocycles. The fourth-order valence-corrected chi connectivity index (χ4v) is 4.43. The molecule has 2 heterocycles. The summed E-state index contributed by atoms with van der Waals surface area (Å²) in [6.07, 6.45) is 2.19. The number of likely N-dealkylation sites (N-methyl/N-ethyl adjacent to an activating group) is 2. The summed E-state index contributed by atoms with van der Waals surface area (Å²) in [5.41, 5.74) is 2.63. The number of hydrogen-bond acceptors (Lipinski definition) is 4. The van der Waals surface area contributed by atoms with E-state index >= 15 is 0 Å². The minimum atomic E-state index is -0.254. The van der Waals surface area contributed by atoms with Gasteiger partial charge in [0.25, 0.3) is 0 Å². The molecule has 2 atom stereocenters. The zero-order valence-corrected chi connectivity index (χ0v) is 15.5. The molecule has 1 aromatic rings. The average Bonchev–Trinajstić information content (AvgIpc) is 2.98. The Hall–Kier alpha value is -1.75. The molecule has 132 valence electrons. The van der Waals surface area contributed by atoms with Gasteiger partial charge in [-0.25, -0.2) is 4.79 Å². The van der Waals surface area contributed by atoms with Crippen LogP contribution in [0.2, 0.25) is 0 Å². The fourth-order valence-electron chi connectivity index (χ4n) is 4.43. The van der Waals surface area contributed by atoms with Gasteiger partial charge < -0.3 is 14.5 Å². The summed E-state index contributed by atoms with van der Waals surface area (Å²) in [6.45, 7) is 8.87. The predicted octanol–water partition coefficient (Wildman–Crippen LogP) is 3.29. The van der Waals surface area contributed by atoms with Crippen LogP contribution in [0.25, 0.3) is 0 Å². The topological polar surface area (TPSA) is 36.0 Å². The SMILES string of the molecule is CCCN(CC)C(=O)Oc1ccc2c(c1)C1(C)CCN(C)C1N2C. The van der Waals surface area contributed by atoms with E-state index in [4.69, 9.17) is 4.74 Å². The molecule has 0 spiro atoms. The molecular formula is C19H29N3O2. The first-order chi connectivity index (χ1) is 11.4. The van der Waals surface area contributed by atoms with Crippen LogP contribution >= 0.6 is 0 Å². The van der Waals surface area contributed by atoms with Crippen LogP contribution in [0.4, 0.5) is 10.5 Å². The van der Waals surface area contributed by atoms with Crippen molar-refractivity contribution in [3.8, 4) is 5.75 Å². The lowest BCUT2D eigenvalue weighted by Gasteiger charge is -2.32. The Balaban J connectivity index is 1.85. The number of hydrogen-bond donors (Lipinski definition) is 0. The second-order valence-corrected chi connectivity index (χ2v) is 7.26. The minimum Gasteiger partial charge on any atom is -0.410 e. The Morgan fingerprint density at radius 2 is 2.12 bits per heavy atom. The van der Waals surface area contributed by atoms with Gasteiger partial charge in [-0.05, 0) is 50.6 Å². The van der Waals surface area contributed by atoms with E-state index in [9.17, 15) is 4.79 Å². The molecule has 5 nitrogen and oxygen atoms in total. The Kier molecular flexibility index (Phi) is 4.47. The molecule has 0 radical (unpaired) electrons. The van der Waals surface area contributed by atoms with Crippen molar-refractivity contribution in [1.29, 1.82) is 0 Å². The molecule has 2 aliphatic heterocycles. The molecule has 0 bridgehead atoms. The molecule has 0 aromatic heterocycles. The van der Waals surface area contributed by atoms with Gasteiger partial charge in [-0.2, -0.15) is 0 Å². The molecule has 1 amide bonds. The molecule has 0 aliphatic carbocycles. The number of nitrogens with zero attached hydrogens (tertiary/aromatic N) is 3. The van der Waals surface area contributed by atoms with Crippen molar-refractivity contribution in [3.63, 3.8) is 0 Å². The lowest BCUT2D eigenvalue weighted by atomic mass is 9.81. The van der Waals surface area contributed by atoms with E-state index in [1.54, 1.807) is 4.90 Å². The van der Waals surface area contributed by atoms with Crippen molar-refractivity contribution in [2.24, 2.45) is 0 Å². The van der Waals surface area contributed by atoms with Crippen LogP contribution in [0.3, 0.4) is 0 Å². The first-order valence-electron chi connectivity index (χ1n) is 8.96. The average molecular weight is 331 g/mol. The highest BCUT2D eigenvalue weighted by Gasteiger charge is 2.52. The molecular weight excluding hydrogens is 302 g/mol. The van der Waals surface area contributed by atoms with Gasteiger partial charge in [-0.15, -0.1) is 0 Å². The molecule has 0 N–H and O–H groups in total. The zero-order valence-electron chi connectivity index (χ0n) is 15.5. The second-order valence-electron chi connectivity index (χ2n) is 7.26. The largest absolute Gasteiger partial charge is 0.415 e. The summed E-state index contributed by atoms with van der Waals surface area (Å²) in [5.74, 6) is 0.651. The van der Waals surface area contributed by atoms with Crippen LogP contribution in [0.15, 0.2) is 18.2 Å². The molecule has 3 rings (SSSR count). The smallest absolute Gasteiger partial charge is 0.410 e. The van der Waals surface area contributed by atoms with Crippen molar-refractivity contribution in [1.82, 2.24) is 9.80 Å². The van der Waals surface area contributed by atoms with E-state index in [0.717, 1.165) is 25.9 Å². The second kappa shape index (κ2) is 6.28. The van der Waals surface area contributed by atoms with Crippen LogP contribution in [0.5, 0.6) is 5.75 Å². The van der Waals surface area contributed by atoms with Crippen LogP contribution < -0.4 is 9.64 Å². The molecule has 2 aliphatic rings. The number of benzene rings is 1.